The highest BCUT2D eigenvalue weighted by Gasteiger charge is 2.35. The fourth-order valence-electron chi connectivity index (χ4n) is 3.78. The molecular weight excluding hydrogens is 420 g/mol. The topological polar surface area (TPSA) is 88.7 Å². The van der Waals surface area contributed by atoms with Crippen LogP contribution in [0.3, 0.4) is 0 Å². The van der Waals surface area contributed by atoms with Crippen molar-refractivity contribution in [3.05, 3.63) is 99.9 Å². The van der Waals surface area contributed by atoms with Gasteiger partial charge in [-0.25, -0.2) is 0 Å². The first-order valence-electron chi connectivity index (χ1n) is 10.9. The predicted molar refractivity (Wildman–Crippen MR) is 123 cm³/mol. The Hall–Kier alpha value is -3.94. The summed E-state index contributed by atoms with van der Waals surface area (Å²) in [5.74, 6) is -0.415. The standard InChI is InChI=1S/C25H26N4O4/c1-26-15-5-8-23(26)17-27(16-19-6-3-2-4-7-19)24(30)18-28(21-13-14-21)25(31)20-9-11-22(12-10-20)29(32)33/h2-12,15,21H,13-14,16-18H2,1H3. The van der Waals surface area contributed by atoms with Gasteiger partial charge in [0.1, 0.15) is 6.54 Å². The van der Waals surface area contributed by atoms with E-state index >= 15 is 0 Å². The highest BCUT2D eigenvalue weighted by molar-refractivity contribution is 5.97. The number of benzene rings is 2. The van der Waals surface area contributed by atoms with Gasteiger partial charge in [0.15, 0.2) is 0 Å². The van der Waals surface area contributed by atoms with Crippen LogP contribution in [-0.2, 0) is 24.9 Å². The summed E-state index contributed by atoms with van der Waals surface area (Å²) in [7, 11) is 1.94. The maximum atomic E-state index is 13.4. The van der Waals surface area contributed by atoms with Gasteiger partial charge >= 0.3 is 0 Å². The van der Waals surface area contributed by atoms with E-state index in [4.69, 9.17) is 0 Å². The first-order valence-corrected chi connectivity index (χ1v) is 10.9. The second-order valence-electron chi connectivity index (χ2n) is 8.31. The number of carbonyl (C=O) groups excluding carboxylic acids is 2. The maximum Gasteiger partial charge on any atom is 0.269 e. The van der Waals surface area contributed by atoms with Crippen LogP contribution in [0, 0.1) is 10.1 Å². The van der Waals surface area contributed by atoms with Gasteiger partial charge in [-0.15, -0.1) is 0 Å². The minimum absolute atomic E-state index is 0.0188. The monoisotopic (exact) mass is 446 g/mol. The van der Waals surface area contributed by atoms with E-state index in [0.29, 0.717) is 18.7 Å². The van der Waals surface area contributed by atoms with Gasteiger partial charge in [0, 0.05) is 49.2 Å². The first-order chi connectivity index (χ1) is 15.9. The van der Waals surface area contributed by atoms with E-state index in [9.17, 15) is 19.7 Å². The summed E-state index contributed by atoms with van der Waals surface area (Å²) < 4.78 is 1.98. The lowest BCUT2D eigenvalue weighted by atomic mass is 10.1. The smallest absolute Gasteiger partial charge is 0.269 e. The number of nitrogens with zero attached hydrogens (tertiary/aromatic N) is 4. The second-order valence-corrected chi connectivity index (χ2v) is 8.31. The summed E-state index contributed by atoms with van der Waals surface area (Å²) >= 11 is 0. The Labute approximate surface area is 192 Å². The van der Waals surface area contributed by atoms with Gasteiger partial charge in [-0.05, 0) is 42.7 Å². The van der Waals surface area contributed by atoms with Crippen LogP contribution in [0.15, 0.2) is 72.9 Å². The van der Waals surface area contributed by atoms with Crippen molar-refractivity contribution in [2.24, 2.45) is 7.05 Å². The zero-order valence-corrected chi connectivity index (χ0v) is 18.5. The molecule has 170 valence electrons. The number of aryl methyl sites for hydroxylation is 1. The third-order valence-electron chi connectivity index (χ3n) is 5.85. The Kier molecular flexibility index (Phi) is 6.53. The molecule has 0 bridgehead atoms. The molecule has 0 aliphatic heterocycles. The molecule has 2 amide bonds. The molecule has 0 atom stereocenters. The van der Waals surface area contributed by atoms with Crippen molar-refractivity contribution < 1.29 is 14.5 Å². The van der Waals surface area contributed by atoms with Gasteiger partial charge in [-0.2, -0.15) is 0 Å². The normalized spacial score (nSPS) is 12.9. The molecule has 0 radical (unpaired) electrons. The van der Waals surface area contributed by atoms with Crippen LogP contribution in [0.5, 0.6) is 0 Å². The van der Waals surface area contributed by atoms with Crippen molar-refractivity contribution in [3.63, 3.8) is 0 Å². The van der Waals surface area contributed by atoms with Crippen molar-refractivity contribution in [1.82, 2.24) is 14.4 Å². The van der Waals surface area contributed by atoms with E-state index in [1.165, 1.54) is 24.3 Å². The highest BCUT2D eigenvalue weighted by Crippen LogP contribution is 2.29. The molecule has 0 unspecified atom stereocenters. The molecule has 0 saturated heterocycles. The molecule has 1 fully saturated rings. The number of hydrogen-bond acceptors (Lipinski definition) is 4. The molecule has 1 aliphatic rings. The largest absolute Gasteiger partial charge is 0.353 e. The van der Waals surface area contributed by atoms with Crippen LogP contribution in [-0.4, -0.2) is 43.7 Å². The predicted octanol–water partition coefficient (Wildman–Crippen LogP) is 3.77. The summed E-state index contributed by atoms with van der Waals surface area (Å²) in [4.78, 5) is 40.4. The lowest BCUT2D eigenvalue weighted by Gasteiger charge is -2.28. The summed E-state index contributed by atoms with van der Waals surface area (Å²) in [6.45, 7) is 0.842. The highest BCUT2D eigenvalue weighted by atomic mass is 16.6. The van der Waals surface area contributed by atoms with Gasteiger partial charge < -0.3 is 14.4 Å². The van der Waals surface area contributed by atoms with E-state index in [1.54, 1.807) is 9.80 Å². The van der Waals surface area contributed by atoms with Crippen molar-refractivity contribution >= 4 is 17.5 Å². The summed E-state index contributed by atoms with van der Waals surface area (Å²) in [6, 6.07) is 19.2. The lowest BCUT2D eigenvalue weighted by Crippen LogP contribution is -2.43. The van der Waals surface area contributed by atoms with Crippen LogP contribution in [0.4, 0.5) is 5.69 Å². The minimum atomic E-state index is -0.499. The van der Waals surface area contributed by atoms with Crippen LogP contribution in [0.2, 0.25) is 0 Å². The Morgan fingerprint density at radius 2 is 1.70 bits per heavy atom. The lowest BCUT2D eigenvalue weighted by molar-refractivity contribution is -0.384. The van der Waals surface area contributed by atoms with E-state index in [-0.39, 0.29) is 30.1 Å². The van der Waals surface area contributed by atoms with E-state index < -0.39 is 4.92 Å². The summed E-state index contributed by atoms with van der Waals surface area (Å²) in [6.07, 6.45) is 3.64. The number of amides is 2. The number of carbonyl (C=O) groups is 2. The number of aromatic nitrogens is 1. The number of non-ortho nitro benzene ring substituents is 1. The molecule has 1 heterocycles. The van der Waals surface area contributed by atoms with Gasteiger partial charge in [-0.1, -0.05) is 30.3 Å². The van der Waals surface area contributed by atoms with Crippen molar-refractivity contribution in [2.75, 3.05) is 6.54 Å². The Morgan fingerprint density at radius 3 is 2.27 bits per heavy atom. The fraction of sp³-hybridized carbons (Fsp3) is 0.280. The Morgan fingerprint density at radius 1 is 1.00 bits per heavy atom. The molecule has 1 aliphatic carbocycles. The van der Waals surface area contributed by atoms with Crippen LogP contribution in [0.25, 0.3) is 0 Å². The molecule has 8 heteroatoms. The van der Waals surface area contributed by atoms with Crippen molar-refractivity contribution in [1.29, 1.82) is 0 Å². The van der Waals surface area contributed by atoms with E-state index in [2.05, 4.69) is 0 Å². The molecule has 4 rings (SSSR count). The summed E-state index contributed by atoms with van der Waals surface area (Å²) in [5.41, 5.74) is 2.29. The fourth-order valence-corrected chi connectivity index (χ4v) is 3.78. The Balaban J connectivity index is 1.53. The molecule has 1 aromatic heterocycles. The molecule has 33 heavy (non-hydrogen) atoms. The second kappa shape index (κ2) is 9.68. The molecule has 0 N–H and O–H groups in total. The zero-order valence-electron chi connectivity index (χ0n) is 18.5. The molecule has 1 saturated carbocycles. The molecular formula is C25H26N4O4. The SMILES string of the molecule is Cn1cccc1CN(Cc1ccccc1)C(=O)CN(C(=O)c1ccc([N+](=O)[O-])cc1)C1CC1. The van der Waals surface area contributed by atoms with E-state index in [1.807, 2.05) is 60.3 Å². The van der Waals surface area contributed by atoms with Gasteiger partial charge in [-0.3, -0.25) is 19.7 Å². The maximum absolute atomic E-state index is 13.4. The van der Waals surface area contributed by atoms with Crippen LogP contribution < -0.4 is 0 Å². The number of hydrogen-bond donors (Lipinski definition) is 0. The third-order valence-corrected chi connectivity index (χ3v) is 5.85. The van der Waals surface area contributed by atoms with Gasteiger partial charge in [0.2, 0.25) is 5.91 Å². The van der Waals surface area contributed by atoms with Crippen LogP contribution in [0.1, 0.15) is 34.5 Å². The quantitative estimate of drug-likeness (QED) is 0.370. The third kappa shape index (κ3) is 5.46. The van der Waals surface area contributed by atoms with Crippen molar-refractivity contribution in [3.8, 4) is 0 Å². The van der Waals surface area contributed by atoms with Gasteiger partial charge in [0.25, 0.3) is 11.6 Å². The number of nitro benzene ring substituents is 1. The first kappa shape index (κ1) is 22.3. The molecule has 8 nitrogen and oxygen atoms in total. The molecule has 2 aromatic carbocycles. The minimum Gasteiger partial charge on any atom is -0.353 e. The van der Waals surface area contributed by atoms with E-state index in [0.717, 1.165) is 24.1 Å². The molecule has 3 aromatic rings. The average Bonchev–Trinajstić information content (AvgIpc) is 3.59. The number of rotatable bonds is 9. The molecule has 0 spiro atoms. The Bertz CT molecular complexity index is 1140. The van der Waals surface area contributed by atoms with Crippen molar-refractivity contribution in [2.45, 2.75) is 32.0 Å². The van der Waals surface area contributed by atoms with Gasteiger partial charge in [0.05, 0.1) is 11.5 Å². The van der Waals surface area contributed by atoms with Crippen LogP contribution >= 0.6 is 0 Å². The summed E-state index contributed by atoms with van der Waals surface area (Å²) in [5, 5.41) is 10.9. The zero-order chi connectivity index (χ0) is 23.4. The number of nitro groups is 1. The average molecular weight is 447 g/mol.